The van der Waals surface area contributed by atoms with Crippen molar-refractivity contribution in [2.24, 2.45) is 22.0 Å². The van der Waals surface area contributed by atoms with Gasteiger partial charge in [0.05, 0.1) is 12.0 Å². The summed E-state index contributed by atoms with van der Waals surface area (Å²) < 4.78 is 5.43. The van der Waals surface area contributed by atoms with E-state index in [2.05, 4.69) is 20.8 Å². The van der Waals surface area contributed by atoms with Crippen molar-refractivity contribution in [2.45, 2.75) is 34.6 Å². The van der Waals surface area contributed by atoms with Crippen LogP contribution in [0.15, 0.2) is 0 Å². The highest BCUT2D eigenvalue weighted by molar-refractivity contribution is 5.87. The summed E-state index contributed by atoms with van der Waals surface area (Å²) in [5.74, 6) is -0.218. The average molecular weight is 199 g/mol. The van der Waals surface area contributed by atoms with Crippen LogP contribution >= 0.6 is 0 Å². The molecule has 0 heterocycles. The molecular formula is C11H21NO2. The highest BCUT2D eigenvalue weighted by Gasteiger charge is 2.80. The molecule has 0 aromatic heterocycles. The van der Waals surface area contributed by atoms with Crippen molar-refractivity contribution in [3.05, 3.63) is 0 Å². The van der Waals surface area contributed by atoms with E-state index in [1.807, 2.05) is 13.8 Å². The fourth-order valence-electron chi connectivity index (χ4n) is 2.66. The Morgan fingerprint density at radius 2 is 1.79 bits per heavy atom. The number of carbonyl (C=O) groups excluding carboxylic acids is 1. The molecule has 14 heavy (non-hydrogen) atoms. The number of amides is 1. The standard InChI is InChI=1S/C11H21NO2/c1-6-14-7-10(4)9(2,3)11(10,5)8(12)13/h6-7H2,1-5H3,(H2,12,13). The largest absolute Gasteiger partial charge is 0.381 e. The molecule has 0 bridgehead atoms. The zero-order chi connectivity index (χ0) is 11.2. The van der Waals surface area contributed by atoms with Gasteiger partial charge in [0.25, 0.3) is 0 Å². The fourth-order valence-corrected chi connectivity index (χ4v) is 2.66. The minimum atomic E-state index is -0.435. The van der Waals surface area contributed by atoms with Crippen LogP contribution in [-0.2, 0) is 9.53 Å². The Labute approximate surface area is 86.0 Å². The van der Waals surface area contributed by atoms with Gasteiger partial charge in [-0.25, -0.2) is 0 Å². The van der Waals surface area contributed by atoms with E-state index in [0.717, 1.165) is 0 Å². The Balaban J connectivity index is 2.87. The van der Waals surface area contributed by atoms with Crippen LogP contribution in [0.3, 0.4) is 0 Å². The second kappa shape index (κ2) is 2.96. The van der Waals surface area contributed by atoms with Gasteiger partial charge < -0.3 is 10.5 Å². The summed E-state index contributed by atoms with van der Waals surface area (Å²) in [4.78, 5) is 11.4. The van der Waals surface area contributed by atoms with Gasteiger partial charge in [0.15, 0.2) is 0 Å². The Morgan fingerprint density at radius 3 is 2.07 bits per heavy atom. The number of hydrogen-bond donors (Lipinski definition) is 1. The van der Waals surface area contributed by atoms with Gasteiger partial charge in [-0.3, -0.25) is 4.79 Å². The minimum absolute atomic E-state index is 0.0684. The topological polar surface area (TPSA) is 52.3 Å². The summed E-state index contributed by atoms with van der Waals surface area (Å²) in [5.41, 5.74) is 4.83. The molecule has 3 nitrogen and oxygen atoms in total. The van der Waals surface area contributed by atoms with E-state index in [1.54, 1.807) is 0 Å². The Morgan fingerprint density at radius 1 is 1.29 bits per heavy atom. The van der Waals surface area contributed by atoms with Gasteiger partial charge in [0.2, 0.25) is 5.91 Å². The summed E-state index contributed by atoms with van der Waals surface area (Å²) in [6.45, 7) is 11.4. The van der Waals surface area contributed by atoms with Gasteiger partial charge in [-0.1, -0.05) is 20.8 Å². The van der Waals surface area contributed by atoms with Gasteiger partial charge in [0.1, 0.15) is 0 Å². The molecule has 3 heteroatoms. The van der Waals surface area contributed by atoms with Gasteiger partial charge in [-0.05, 0) is 19.3 Å². The van der Waals surface area contributed by atoms with Crippen LogP contribution in [0.1, 0.15) is 34.6 Å². The van der Waals surface area contributed by atoms with Gasteiger partial charge >= 0.3 is 0 Å². The second-order valence-electron chi connectivity index (χ2n) is 5.08. The molecule has 2 unspecified atom stereocenters. The van der Waals surface area contributed by atoms with Crippen LogP contribution in [0, 0.1) is 16.2 Å². The molecule has 0 aromatic carbocycles. The third-order valence-electron chi connectivity index (χ3n) is 4.76. The van der Waals surface area contributed by atoms with Crippen molar-refractivity contribution in [1.82, 2.24) is 0 Å². The van der Waals surface area contributed by atoms with E-state index in [1.165, 1.54) is 0 Å². The molecule has 0 radical (unpaired) electrons. The Bertz CT molecular complexity index is 262. The lowest BCUT2D eigenvalue weighted by atomic mass is 9.96. The number of primary amides is 1. The molecule has 2 atom stereocenters. The van der Waals surface area contributed by atoms with E-state index in [0.29, 0.717) is 13.2 Å². The normalized spacial score (nSPS) is 39.5. The van der Waals surface area contributed by atoms with E-state index in [-0.39, 0.29) is 16.7 Å². The highest BCUT2D eigenvalue weighted by atomic mass is 16.5. The van der Waals surface area contributed by atoms with Gasteiger partial charge in [-0.2, -0.15) is 0 Å². The zero-order valence-corrected chi connectivity index (χ0v) is 9.81. The quantitative estimate of drug-likeness (QED) is 0.747. The lowest BCUT2D eigenvalue weighted by molar-refractivity contribution is -0.124. The first-order valence-corrected chi connectivity index (χ1v) is 5.13. The minimum Gasteiger partial charge on any atom is -0.381 e. The number of carbonyl (C=O) groups is 1. The lowest BCUT2D eigenvalue weighted by Gasteiger charge is -2.15. The smallest absolute Gasteiger partial charge is 0.224 e. The molecule has 0 saturated heterocycles. The second-order valence-corrected chi connectivity index (χ2v) is 5.08. The van der Waals surface area contributed by atoms with Crippen LogP contribution in [0.25, 0.3) is 0 Å². The number of nitrogens with two attached hydrogens (primary N) is 1. The van der Waals surface area contributed by atoms with Crippen LogP contribution in [0.4, 0.5) is 0 Å². The first kappa shape index (κ1) is 11.5. The third-order valence-corrected chi connectivity index (χ3v) is 4.76. The Hall–Kier alpha value is -0.570. The summed E-state index contributed by atoms with van der Waals surface area (Å²) in [6, 6.07) is 0. The third kappa shape index (κ3) is 0.991. The SMILES string of the molecule is CCOCC1(C)C(C)(C)C1(C)C(N)=O. The molecule has 82 valence electrons. The predicted octanol–water partition coefficient (Wildman–Crippen LogP) is 1.56. The van der Waals surface area contributed by atoms with E-state index in [9.17, 15) is 4.79 Å². The summed E-state index contributed by atoms with van der Waals surface area (Å²) in [7, 11) is 0. The number of ether oxygens (including phenoxy) is 1. The molecule has 0 aliphatic heterocycles. The average Bonchev–Trinajstić information content (AvgIpc) is 2.44. The van der Waals surface area contributed by atoms with Crippen molar-refractivity contribution in [2.75, 3.05) is 13.2 Å². The van der Waals surface area contributed by atoms with Crippen molar-refractivity contribution >= 4 is 5.91 Å². The van der Waals surface area contributed by atoms with Crippen LogP contribution in [0.2, 0.25) is 0 Å². The summed E-state index contributed by atoms with van der Waals surface area (Å²) in [5, 5.41) is 0. The lowest BCUT2D eigenvalue weighted by Crippen LogP contribution is -2.29. The van der Waals surface area contributed by atoms with Gasteiger partial charge in [-0.15, -0.1) is 0 Å². The Kier molecular flexibility index (Phi) is 2.43. The molecule has 1 fully saturated rings. The van der Waals surface area contributed by atoms with Crippen molar-refractivity contribution < 1.29 is 9.53 Å². The predicted molar refractivity (Wildman–Crippen MR) is 55.7 cm³/mol. The maximum absolute atomic E-state index is 11.4. The fraction of sp³-hybridized carbons (Fsp3) is 0.909. The molecule has 1 saturated carbocycles. The van der Waals surface area contributed by atoms with Gasteiger partial charge in [0, 0.05) is 12.0 Å². The van der Waals surface area contributed by atoms with E-state index < -0.39 is 5.41 Å². The first-order valence-electron chi connectivity index (χ1n) is 5.13. The number of rotatable bonds is 4. The summed E-state index contributed by atoms with van der Waals surface area (Å²) in [6.07, 6.45) is 0. The molecule has 1 aliphatic rings. The van der Waals surface area contributed by atoms with Crippen molar-refractivity contribution in [3.8, 4) is 0 Å². The maximum Gasteiger partial charge on any atom is 0.224 e. The monoisotopic (exact) mass is 199 g/mol. The maximum atomic E-state index is 11.4. The summed E-state index contributed by atoms with van der Waals surface area (Å²) >= 11 is 0. The first-order chi connectivity index (χ1) is 6.25. The van der Waals surface area contributed by atoms with E-state index >= 15 is 0 Å². The highest BCUT2D eigenvalue weighted by Crippen LogP contribution is 2.77. The molecule has 1 amide bonds. The number of hydrogen-bond acceptors (Lipinski definition) is 2. The van der Waals surface area contributed by atoms with Crippen molar-refractivity contribution in [1.29, 1.82) is 0 Å². The molecule has 1 rings (SSSR count). The molecule has 2 N–H and O–H groups in total. The molecule has 0 aromatic rings. The zero-order valence-electron chi connectivity index (χ0n) is 9.81. The molecule has 1 aliphatic carbocycles. The molecular weight excluding hydrogens is 178 g/mol. The van der Waals surface area contributed by atoms with Crippen LogP contribution in [-0.4, -0.2) is 19.1 Å². The molecule has 0 spiro atoms. The van der Waals surface area contributed by atoms with Crippen LogP contribution in [0.5, 0.6) is 0 Å². The van der Waals surface area contributed by atoms with Crippen LogP contribution < -0.4 is 5.73 Å². The van der Waals surface area contributed by atoms with E-state index in [4.69, 9.17) is 10.5 Å². The van der Waals surface area contributed by atoms with Crippen molar-refractivity contribution in [3.63, 3.8) is 0 Å².